The van der Waals surface area contributed by atoms with Crippen molar-refractivity contribution in [2.75, 3.05) is 7.05 Å². The van der Waals surface area contributed by atoms with Crippen molar-refractivity contribution in [3.8, 4) is 0 Å². The highest BCUT2D eigenvalue weighted by Crippen LogP contribution is 1.94. The molecule has 54 valence electrons. The van der Waals surface area contributed by atoms with Crippen LogP contribution in [0.3, 0.4) is 0 Å². The van der Waals surface area contributed by atoms with Gasteiger partial charge < -0.3 is 0 Å². The molecule has 0 bridgehead atoms. The van der Waals surface area contributed by atoms with Gasteiger partial charge in [-0.2, -0.15) is 10.1 Å². The van der Waals surface area contributed by atoms with E-state index < -0.39 is 0 Å². The van der Waals surface area contributed by atoms with Crippen molar-refractivity contribution in [2.24, 2.45) is 5.10 Å². The minimum absolute atomic E-state index is 0.0475. The van der Waals surface area contributed by atoms with Crippen molar-refractivity contribution < 1.29 is 0 Å². The summed E-state index contributed by atoms with van der Waals surface area (Å²) in [5.74, 6) is 0. The van der Waals surface area contributed by atoms with Crippen LogP contribution in [0.25, 0.3) is 0 Å². The summed E-state index contributed by atoms with van der Waals surface area (Å²) in [4.78, 5) is 0. The fraction of sp³-hybridized carbons (Fsp3) is 0.800. The number of alkyl halides is 1. The summed E-state index contributed by atoms with van der Waals surface area (Å²) >= 11 is 5.65. The van der Waals surface area contributed by atoms with E-state index in [4.69, 9.17) is 11.6 Å². The SMILES string of the molecule is C/C=N/NN(C)C(C)Cl. The fourth-order valence-electron chi connectivity index (χ4n) is 0.228. The monoisotopic (exact) mass is 149 g/mol. The van der Waals surface area contributed by atoms with Gasteiger partial charge in [0.05, 0.1) is 0 Å². The minimum atomic E-state index is -0.0475. The second-order valence-corrected chi connectivity index (χ2v) is 2.30. The first kappa shape index (κ1) is 8.72. The molecule has 0 aromatic heterocycles. The van der Waals surface area contributed by atoms with Crippen LogP contribution in [0.5, 0.6) is 0 Å². The van der Waals surface area contributed by atoms with Gasteiger partial charge in [0.15, 0.2) is 0 Å². The molecule has 0 spiro atoms. The number of hydrogen-bond acceptors (Lipinski definition) is 3. The Bertz CT molecular complexity index is 92.2. The number of hydrogen-bond donors (Lipinski definition) is 1. The van der Waals surface area contributed by atoms with E-state index in [2.05, 4.69) is 10.6 Å². The van der Waals surface area contributed by atoms with Gasteiger partial charge in [0.25, 0.3) is 0 Å². The molecule has 0 aromatic carbocycles. The Balaban J connectivity index is 3.38. The molecule has 0 radical (unpaired) electrons. The molecule has 0 aromatic rings. The predicted molar refractivity (Wildman–Crippen MR) is 40.4 cm³/mol. The Kier molecular flexibility index (Phi) is 4.44. The highest BCUT2D eigenvalue weighted by molar-refractivity contribution is 6.19. The molecule has 0 saturated heterocycles. The normalized spacial score (nSPS) is 14.8. The molecule has 4 heteroatoms. The first-order chi connectivity index (χ1) is 4.18. The standard InChI is InChI=1S/C5H12ClN3/c1-4-7-8-9(3)5(2)6/h4-5,8H,1-3H3/b7-4+. The van der Waals surface area contributed by atoms with Gasteiger partial charge in [-0.3, -0.25) is 0 Å². The zero-order valence-electron chi connectivity index (χ0n) is 5.93. The third-order valence-electron chi connectivity index (χ3n) is 0.878. The Hall–Kier alpha value is -0.280. The maximum atomic E-state index is 5.65. The quantitative estimate of drug-likeness (QED) is 0.281. The molecule has 0 rings (SSSR count). The number of nitrogens with one attached hydrogen (secondary N) is 1. The van der Waals surface area contributed by atoms with Crippen molar-refractivity contribution >= 4 is 17.8 Å². The van der Waals surface area contributed by atoms with Gasteiger partial charge in [-0.15, -0.1) is 11.6 Å². The molecule has 1 atom stereocenters. The minimum Gasteiger partial charge on any atom is -0.240 e. The van der Waals surface area contributed by atoms with Crippen LogP contribution in [0, 0.1) is 0 Å². The molecule has 0 fully saturated rings. The summed E-state index contributed by atoms with van der Waals surface area (Å²) in [5, 5.41) is 5.46. The maximum Gasteiger partial charge on any atom is 0.101 e. The van der Waals surface area contributed by atoms with Crippen LogP contribution in [0.2, 0.25) is 0 Å². The van der Waals surface area contributed by atoms with Crippen LogP contribution in [0.4, 0.5) is 0 Å². The summed E-state index contributed by atoms with van der Waals surface area (Å²) in [6, 6.07) is 0. The maximum absolute atomic E-state index is 5.65. The summed E-state index contributed by atoms with van der Waals surface area (Å²) in [6.45, 7) is 3.69. The van der Waals surface area contributed by atoms with Crippen LogP contribution in [0.15, 0.2) is 5.10 Å². The van der Waals surface area contributed by atoms with Crippen LogP contribution < -0.4 is 5.53 Å². The first-order valence-electron chi connectivity index (χ1n) is 2.78. The van der Waals surface area contributed by atoms with Gasteiger partial charge in [0.2, 0.25) is 0 Å². The third-order valence-corrected chi connectivity index (χ3v) is 1.17. The average molecular weight is 150 g/mol. The Labute approximate surface area is 60.6 Å². The molecule has 1 unspecified atom stereocenters. The van der Waals surface area contributed by atoms with Gasteiger partial charge in [0, 0.05) is 13.3 Å². The van der Waals surface area contributed by atoms with Crippen LogP contribution in [0.1, 0.15) is 13.8 Å². The fourth-order valence-corrected chi connectivity index (χ4v) is 0.272. The molecule has 0 aliphatic carbocycles. The lowest BCUT2D eigenvalue weighted by Crippen LogP contribution is -2.34. The number of halogens is 1. The van der Waals surface area contributed by atoms with E-state index in [0.29, 0.717) is 0 Å². The third kappa shape index (κ3) is 4.24. The zero-order valence-corrected chi connectivity index (χ0v) is 6.68. The Morgan fingerprint density at radius 1 is 1.78 bits per heavy atom. The molecule has 0 saturated carbocycles. The van der Waals surface area contributed by atoms with E-state index in [1.165, 1.54) is 0 Å². The molecule has 0 aliphatic rings. The van der Waals surface area contributed by atoms with Crippen molar-refractivity contribution in [3.05, 3.63) is 0 Å². The highest BCUT2D eigenvalue weighted by atomic mass is 35.5. The molecule has 1 N–H and O–H groups in total. The van der Waals surface area contributed by atoms with E-state index in [0.717, 1.165) is 0 Å². The van der Waals surface area contributed by atoms with E-state index in [9.17, 15) is 0 Å². The van der Waals surface area contributed by atoms with Crippen molar-refractivity contribution in [1.29, 1.82) is 0 Å². The van der Waals surface area contributed by atoms with Crippen molar-refractivity contribution in [2.45, 2.75) is 19.3 Å². The van der Waals surface area contributed by atoms with Gasteiger partial charge in [0.1, 0.15) is 5.50 Å². The lowest BCUT2D eigenvalue weighted by molar-refractivity contribution is 0.230. The van der Waals surface area contributed by atoms with Gasteiger partial charge in [-0.1, -0.05) is 0 Å². The summed E-state index contributed by atoms with van der Waals surface area (Å²) in [7, 11) is 1.82. The van der Waals surface area contributed by atoms with E-state index in [-0.39, 0.29) is 5.50 Å². The summed E-state index contributed by atoms with van der Waals surface area (Å²) in [6.07, 6.45) is 1.66. The Morgan fingerprint density at radius 2 is 2.33 bits per heavy atom. The van der Waals surface area contributed by atoms with E-state index in [1.807, 2.05) is 20.9 Å². The zero-order chi connectivity index (χ0) is 7.28. The number of rotatable bonds is 3. The second-order valence-electron chi connectivity index (χ2n) is 1.67. The number of hydrazine groups is 1. The molecule has 0 heterocycles. The van der Waals surface area contributed by atoms with Crippen molar-refractivity contribution in [3.63, 3.8) is 0 Å². The van der Waals surface area contributed by atoms with Crippen LogP contribution >= 0.6 is 11.6 Å². The smallest absolute Gasteiger partial charge is 0.101 e. The topological polar surface area (TPSA) is 27.6 Å². The molecule has 3 nitrogen and oxygen atoms in total. The van der Waals surface area contributed by atoms with Gasteiger partial charge in [-0.05, 0) is 13.8 Å². The van der Waals surface area contributed by atoms with E-state index in [1.54, 1.807) is 11.2 Å². The molecule has 0 amide bonds. The van der Waals surface area contributed by atoms with E-state index >= 15 is 0 Å². The average Bonchev–Trinajstić information content (AvgIpc) is 1.82. The van der Waals surface area contributed by atoms with Gasteiger partial charge >= 0.3 is 0 Å². The summed E-state index contributed by atoms with van der Waals surface area (Å²) < 4.78 is 0. The van der Waals surface area contributed by atoms with Crippen molar-refractivity contribution in [1.82, 2.24) is 10.5 Å². The number of nitrogens with zero attached hydrogens (tertiary/aromatic N) is 2. The first-order valence-corrected chi connectivity index (χ1v) is 3.22. The molecule has 9 heavy (non-hydrogen) atoms. The lowest BCUT2D eigenvalue weighted by Gasteiger charge is -2.16. The van der Waals surface area contributed by atoms with Crippen LogP contribution in [-0.2, 0) is 0 Å². The highest BCUT2D eigenvalue weighted by Gasteiger charge is 2.00. The van der Waals surface area contributed by atoms with Crippen LogP contribution in [-0.4, -0.2) is 23.8 Å². The Morgan fingerprint density at radius 3 is 2.67 bits per heavy atom. The van der Waals surface area contributed by atoms with Gasteiger partial charge in [-0.25, -0.2) is 5.53 Å². The number of hydrazone groups is 1. The lowest BCUT2D eigenvalue weighted by atomic mass is 10.7. The second kappa shape index (κ2) is 4.58. The predicted octanol–water partition coefficient (Wildman–Crippen LogP) is 1.01. The molecular weight excluding hydrogens is 138 g/mol. The summed E-state index contributed by atoms with van der Waals surface area (Å²) in [5.41, 5.74) is 2.66. The molecule has 0 aliphatic heterocycles. The molecular formula is C5H12ClN3. The largest absolute Gasteiger partial charge is 0.240 e.